The van der Waals surface area contributed by atoms with Crippen molar-refractivity contribution in [2.75, 3.05) is 5.32 Å². The van der Waals surface area contributed by atoms with Gasteiger partial charge >= 0.3 is 0 Å². The molecule has 1 atom stereocenters. The first-order valence-corrected chi connectivity index (χ1v) is 9.00. The first-order chi connectivity index (χ1) is 11.5. The molecule has 0 aliphatic heterocycles. The highest BCUT2D eigenvalue weighted by Crippen LogP contribution is 2.26. The van der Waals surface area contributed by atoms with Gasteiger partial charge in [-0.2, -0.15) is 0 Å². The van der Waals surface area contributed by atoms with Crippen LogP contribution in [-0.2, 0) is 11.8 Å². The Morgan fingerprint density at radius 3 is 2.75 bits per heavy atom. The van der Waals surface area contributed by atoms with Gasteiger partial charge in [-0.05, 0) is 26.0 Å². The van der Waals surface area contributed by atoms with Gasteiger partial charge in [0.2, 0.25) is 5.91 Å². The third kappa shape index (κ3) is 3.62. The van der Waals surface area contributed by atoms with Crippen LogP contribution in [0.25, 0.3) is 11.4 Å². The molecule has 0 fully saturated rings. The van der Waals surface area contributed by atoms with E-state index < -0.39 is 0 Å². The number of amides is 1. The fourth-order valence-electron chi connectivity index (χ4n) is 2.00. The molecule has 124 valence electrons. The minimum absolute atomic E-state index is 0.109. The summed E-state index contributed by atoms with van der Waals surface area (Å²) in [6, 6.07) is 3.75. The summed E-state index contributed by atoms with van der Waals surface area (Å²) in [6.07, 6.45) is 3.42. The van der Waals surface area contributed by atoms with Gasteiger partial charge in [-0.1, -0.05) is 11.8 Å². The number of anilines is 1. The Balaban J connectivity index is 1.69. The van der Waals surface area contributed by atoms with Gasteiger partial charge in [0.25, 0.3) is 0 Å². The minimum atomic E-state index is -0.317. The molecule has 3 aromatic heterocycles. The molecule has 0 aliphatic carbocycles. The van der Waals surface area contributed by atoms with Gasteiger partial charge in [0.05, 0.1) is 10.9 Å². The number of thiazole rings is 1. The quantitative estimate of drug-likeness (QED) is 0.704. The van der Waals surface area contributed by atoms with E-state index in [1.165, 1.54) is 23.1 Å². The van der Waals surface area contributed by atoms with Crippen LogP contribution >= 0.6 is 23.1 Å². The summed E-state index contributed by atoms with van der Waals surface area (Å²) in [7, 11) is 1.88. The van der Waals surface area contributed by atoms with Gasteiger partial charge in [-0.15, -0.1) is 21.5 Å². The summed E-state index contributed by atoms with van der Waals surface area (Å²) >= 11 is 2.77. The van der Waals surface area contributed by atoms with Crippen LogP contribution in [0.3, 0.4) is 0 Å². The Bertz CT molecular complexity index is 845. The molecule has 9 heteroatoms. The second-order valence-corrected chi connectivity index (χ2v) is 7.31. The third-order valence-electron chi connectivity index (χ3n) is 3.27. The van der Waals surface area contributed by atoms with Gasteiger partial charge in [-0.25, -0.2) is 4.98 Å². The highest BCUT2D eigenvalue weighted by atomic mass is 32.2. The number of nitrogens with one attached hydrogen (secondary N) is 1. The number of carbonyl (C=O) groups is 1. The molecule has 7 nitrogen and oxygen atoms in total. The van der Waals surface area contributed by atoms with Gasteiger partial charge in [0, 0.05) is 30.4 Å². The van der Waals surface area contributed by atoms with Crippen molar-refractivity contribution in [2.24, 2.45) is 7.05 Å². The zero-order chi connectivity index (χ0) is 17.1. The molecule has 0 bridgehead atoms. The summed E-state index contributed by atoms with van der Waals surface area (Å²) in [5.41, 5.74) is 1.83. The molecule has 0 saturated carbocycles. The van der Waals surface area contributed by atoms with E-state index in [1.807, 2.05) is 43.0 Å². The van der Waals surface area contributed by atoms with Crippen molar-refractivity contribution in [1.82, 2.24) is 24.7 Å². The number of pyridine rings is 1. The van der Waals surface area contributed by atoms with Crippen molar-refractivity contribution in [1.29, 1.82) is 0 Å². The summed E-state index contributed by atoms with van der Waals surface area (Å²) in [4.78, 5) is 20.5. The largest absolute Gasteiger partial charge is 0.305 e. The fourth-order valence-corrected chi connectivity index (χ4v) is 3.51. The average Bonchev–Trinajstić information content (AvgIpc) is 3.14. The molecule has 24 heavy (non-hydrogen) atoms. The maximum absolute atomic E-state index is 12.3. The standard InChI is InChI=1S/C15H16N6OS2/c1-9-8-23-14(17-9)18-13(22)10(2)24-15-20-19-12(21(15)3)11-4-6-16-7-5-11/h4-8,10H,1-3H3,(H,17,18,22)/t10-/m1/s1. The Labute approximate surface area is 147 Å². The van der Waals surface area contributed by atoms with Crippen molar-refractivity contribution in [3.63, 3.8) is 0 Å². The zero-order valence-corrected chi connectivity index (χ0v) is 15.1. The zero-order valence-electron chi connectivity index (χ0n) is 13.4. The SMILES string of the molecule is Cc1csc(NC(=O)[C@@H](C)Sc2nnc(-c3ccncc3)n2C)n1. The van der Waals surface area contributed by atoms with Gasteiger partial charge in [-0.3, -0.25) is 9.78 Å². The number of carbonyl (C=O) groups excluding carboxylic acids is 1. The molecule has 0 saturated heterocycles. The van der Waals surface area contributed by atoms with E-state index in [0.717, 1.165) is 17.1 Å². The minimum Gasteiger partial charge on any atom is -0.305 e. The van der Waals surface area contributed by atoms with E-state index >= 15 is 0 Å². The van der Waals surface area contributed by atoms with Crippen molar-refractivity contribution >= 4 is 34.1 Å². The van der Waals surface area contributed by atoms with Gasteiger partial charge in [0.15, 0.2) is 16.1 Å². The lowest BCUT2D eigenvalue weighted by Crippen LogP contribution is -2.22. The summed E-state index contributed by atoms with van der Waals surface area (Å²) in [5.74, 6) is 0.630. The molecular formula is C15H16N6OS2. The topological polar surface area (TPSA) is 85.6 Å². The predicted octanol–water partition coefficient (Wildman–Crippen LogP) is 2.76. The summed E-state index contributed by atoms with van der Waals surface area (Å²) in [6.45, 7) is 3.73. The van der Waals surface area contributed by atoms with Gasteiger partial charge in [0.1, 0.15) is 0 Å². The maximum atomic E-state index is 12.3. The predicted molar refractivity (Wildman–Crippen MR) is 95.0 cm³/mol. The van der Waals surface area contributed by atoms with Crippen LogP contribution in [0, 0.1) is 6.92 Å². The average molecular weight is 360 g/mol. The summed E-state index contributed by atoms with van der Waals surface area (Å²) < 4.78 is 1.87. The van der Waals surface area contributed by atoms with Crippen LogP contribution in [0.15, 0.2) is 35.1 Å². The molecular weight excluding hydrogens is 344 g/mol. The molecule has 1 amide bonds. The lowest BCUT2D eigenvalue weighted by atomic mass is 10.2. The van der Waals surface area contributed by atoms with Crippen LogP contribution < -0.4 is 5.32 Å². The van der Waals surface area contributed by atoms with Crippen LogP contribution in [-0.4, -0.2) is 35.9 Å². The third-order valence-corrected chi connectivity index (χ3v) is 5.28. The Morgan fingerprint density at radius 2 is 2.08 bits per heavy atom. The molecule has 0 aliphatic rings. The smallest absolute Gasteiger partial charge is 0.239 e. The normalized spacial score (nSPS) is 12.1. The van der Waals surface area contributed by atoms with Crippen molar-refractivity contribution in [2.45, 2.75) is 24.3 Å². The molecule has 0 aromatic carbocycles. The molecule has 0 spiro atoms. The van der Waals surface area contributed by atoms with Crippen LogP contribution in [0.2, 0.25) is 0 Å². The van der Waals surface area contributed by atoms with Crippen molar-refractivity contribution in [3.05, 3.63) is 35.6 Å². The number of nitrogens with zero attached hydrogens (tertiary/aromatic N) is 5. The number of hydrogen-bond acceptors (Lipinski definition) is 7. The fraction of sp³-hybridized carbons (Fsp3) is 0.267. The van der Waals surface area contributed by atoms with E-state index in [-0.39, 0.29) is 11.2 Å². The van der Waals surface area contributed by atoms with E-state index in [4.69, 9.17) is 0 Å². The first-order valence-electron chi connectivity index (χ1n) is 7.24. The van der Waals surface area contributed by atoms with E-state index in [0.29, 0.717) is 10.3 Å². The van der Waals surface area contributed by atoms with Crippen LogP contribution in [0.1, 0.15) is 12.6 Å². The van der Waals surface area contributed by atoms with Gasteiger partial charge < -0.3 is 9.88 Å². The number of hydrogen-bond donors (Lipinski definition) is 1. The highest BCUT2D eigenvalue weighted by Gasteiger charge is 2.20. The van der Waals surface area contributed by atoms with Crippen LogP contribution in [0.5, 0.6) is 0 Å². The Kier molecular flexibility index (Phi) is 4.91. The van der Waals surface area contributed by atoms with Crippen molar-refractivity contribution < 1.29 is 4.79 Å². The Morgan fingerprint density at radius 1 is 1.33 bits per heavy atom. The Hall–Kier alpha value is -2.26. The lowest BCUT2D eigenvalue weighted by Gasteiger charge is -2.10. The maximum Gasteiger partial charge on any atom is 0.239 e. The second-order valence-electron chi connectivity index (χ2n) is 5.14. The molecule has 0 unspecified atom stereocenters. The first kappa shape index (κ1) is 16.6. The number of rotatable bonds is 5. The van der Waals surface area contributed by atoms with E-state index in [1.54, 1.807) is 12.4 Å². The van der Waals surface area contributed by atoms with E-state index in [2.05, 4.69) is 25.5 Å². The highest BCUT2D eigenvalue weighted by molar-refractivity contribution is 8.00. The number of thioether (sulfide) groups is 1. The molecule has 3 heterocycles. The van der Waals surface area contributed by atoms with Crippen molar-refractivity contribution in [3.8, 4) is 11.4 Å². The lowest BCUT2D eigenvalue weighted by molar-refractivity contribution is -0.115. The monoisotopic (exact) mass is 360 g/mol. The number of aryl methyl sites for hydroxylation is 1. The molecule has 0 radical (unpaired) electrons. The number of aromatic nitrogens is 5. The molecule has 3 rings (SSSR count). The molecule has 1 N–H and O–H groups in total. The molecule has 3 aromatic rings. The van der Waals surface area contributed by atoms with Crippen LogP contribution in [0.4, 0.5) is 5.13 Å². The second kappa shape index (κ2) is 7.10. The summed E-state index contributed by atoms with van der Waals surface area (Å²) in [5, 5.41) is 14.1. The van der Waals surface area contributed by atoms with E-state index in [9.17, 15) is 4.79 Å².